The maximum atomic E-state index is 12.7. The van der Waals surface area contributed by atoms with E-state index in [0.29, 0.717) is 41.9 Å². The standard InChI is InChI=1S/C19H28ClN5O4/c1-6-28-10-9-24-15(22-13-7-8-14(20)23-17(13)24)11-25(12(2)16(21)26)18(27)29-19(3,4)5/h7-8,12H,6,9-11H2,1-5H3,(H2,21,26)/t12-/m0/s1. The molecule has 0 radical (unpaired) electrons. The fourth-order valence-corrected chi connectivity index (χ4v) is 2.81. The number of amides is 2. The summed E-state index contributed by atoms with van der Waals surface area (Å²) in [5.41, 5.74) is 5.93. The van der Waals surface area contributed by atoms with Gasteiger partial charge in [0.1, 0.15) is 28.1 Å². The number of ether oxygens (including phenoxy) is 2. The number of rotatable bonds is 8. The lowest BCUT2D eigenvalue weighted by molar-refractivity contribution is -0.122. The maximum Gasteiger partial charge on any atom is 0.411 e. The van der Waals surface area contributed by atoms with E-state index in [1.807, 2.05) is 11.5 Å². The van der Waals surface area contributed by atoms with Crippen LogP contribution in [0.25, 0.3) is 11.2 Å². The predicted octanol–water partition coefficient (Wildman–Crippen LogP) is 2.73. The van der Waals surface area contributed by atoms with Gasteiger partial charge in [0, 0.05) is 13.2 Å². The van der Waals surface area contributed by atoms with Gasteiger partial charge in [0.05, 0.1) is 13.2 Å². The molecule has 10 heteroatoms. The van der Waals surface area contributed by atoms with Crippen molar-refractivity contribution in [2.75, 3.05) is 13.2 Å². The number of carbonyl (C=O) groups is 2. The first kappa shape index (κ1) is 22.9. The van der Waals surface area contributed by atoms with Gasteiger partial charge in [-0.2, -0.15) is 0 Å². The smallest absolute Gasteiger partial charge is 0.411 e. The Morgan fingerprint density at radius 3 is 2.59 bits per heavy atom. The molecule has 2 aromatic rings. The number of hydrogen-bond acceptors (Lipinski definition) is 6. The van der Waals surface area contributed by atoms with Gasteiger partial charge in [0.15, 0.2) is 5.65 Å². The van der Waals surface area contributed by atoms with Gasteiger partial charge >= 0.3 is 6.09 Å². The van der Waals surface area contributed by atoms with E-state index in [9.17, 15) is 9.59 Å². The zero-order chi connectivity index (χ0) is 21.8. The van der Waals surface area contributed by atoms with Crippen molar-refractivity contribution in [1.82, 2.24) is 19.4 Å². The topological polar surface area (TPSA) is 113 Å². The number of imidazole rings is 1. The molecule has 0 spiro atoms. The second kappa shape index (κ2) is 9.41. The van der Waals surface area contributed by atoms with E-state index in [2.05, 4.69) is 9.97 Å². The van der Waals surface area contributed by atoms with Crippen molar-refractivity contribution in [3.8, 4) is 0 Å². The Bertz CT molecular complexity index is 877. The summed E-state index contributed by atoms with van der Waals surface area (Å²) in [5.74, 6) is -0.123. The minimum Gasteiger partial charge on any atom is -0.444 e. The molecule has 2 aromatic heterocycles. The minimum atomic E-state index is -0.887. The van der Waals surface area contributed by atoms with Crippen LogP contribution in [0.3, 0.4) is 0 Å². The summed E-state index contributed by atoms with van der Waals surface area (Å²) in [6.07, 6.45) is -0.654. The SMILES string of the molecule is CCOCCn1c(CN(C(=O)OC(C)(C)C)[C@@H](C)C(N)=O)nc2ccc(Cl)nc21. The summed E-state index contributed by atoms with van der Waals surface area (Å²) < 4.78 is 12.7. The van der Waals surface area contributed by atoms with Gasteiger partial charge in [-0.05, 0) is 46.8 Å². The molecular weight excluding hydrogens is 398 g/mol. The van der Waals surface area contributed by atoms with Crippen LogP contribution < -0.4 is 5.73 Å². The maximum absolute atomic E-state index is 12.7. The van der Waals surface area contributed by atoms with Gasteiger partial charge in [-0.3, -0.25) is 9.69 Å². The summed E-state index contributed by atoms with van der Waals surface area (Å²) >= 11 is 6.05. The largest absolute Gasteiger partial charge is 0.444 e. The second-order valence-corrected chi connectivity index (χ2v) is 7.93. The van der Waals surface area contributed by atoms with Gasteiger partial charge in [-0.25, -0.2) is 14.8 Å². The zero-order valence-electron chi connectivity index (χ0n) is 17.4. The van der Waals surface area contributed by atoms with Crippen LogP contribution in [0.4, 0.5) is 4.79 Å². The molecule has 1 atom stereocenters. The highest BCUT2D eigenvalue weighted by Gasteiger charge is 2.30. The van der Waals surface area contributed by atoms with Crippen LogP contribution in [0.15, 0.2) is 12.1 Å². The number of carbonyl (C=O) groups excluding carboxylic acids is 2. The van der Waals surface area contributed by atoms with Gasteiger partial charge < -0.3 is 19.8 Å². The number of halogens is 1. The first-order chi connectivity index (χ1) is 13.5. The van der Waals surface area contributed by atoms with Crippen molar-refractivity contribution in [2.24, 2.45) is 5.73 Å². The van der Waals surface area contributed by atoms with Gasteiger partial charge in [0.2, 0.25) is 5.91 Å². The fraction of sp³-hybridized carbons (Fsp3) is 0.579. The van der Waals surface area contributed by atoms with Crippen LogP contribution in [-0.4, -0.2) is 56.3 Å². The Morgan fingerprint density at radius 1 is 1.31 bits per heavy atom. The van der Waals surface area contributed by atoms with Crippen molar-refractivity contribution in [1.29, 1.82) is 0 Å². The van der Waals surface area contributed by atoms with Crippen molar-refractivity contribution >= 4 is 34.8 Å². The molecule has 2 amide bonds. The Labute approximate surface area is 175 Å². The molecular formula is C19H28ClN5O4. The lowest BCUT2D eigenvalue weighted by Crippen LogP contribution is -2.48. The summed E-state index contributed by atoms with van der Waals surface area (Å²) in [5, 5.41) is 0.330. The van der Waals surface area contributed by atoms with Crippen LogP contribution in [0.1, 0.15) is 40.4 Å². The monoisotopic (exact) mass is 425 g/mol. The Kier molecular flexibility index (Phi) is 7.43. The average Bonchev–Trinajstić information content (AvgIpc) is 2.94. The van der Waals surface area contributed by atoms with Gasteiger partial charge in [0.25, 0.3) is 0 Å². The normalized spacial score (nSPS) is 12.8. The van der Waals surface area contributed by atoms with Crippen LogP contribution >= 0.6 is 11.6 Å². The number of hydrogen-bond donors (Lipinski definition) is 1. The molecule has 2 rings (SSSR count). The number of primary amides is 1. The lowest BCUT2D eigenvalue weighted by atomic mass is 10.2. The Balaban J connectivity index is 2.44. The minimum absolute atomic E-state index is 0.0130. The first-order valence-electron chi connectivity index (χ1n) is 9.41. The second-order valence-electron chi connectivity index (χ2n) is 7.54. The first-order valence-corrected chi connectivity index (χ1v) is 9.79. The van der Waals surface area contributed by atoms with E-state index in [1.54, 1.807) is 39.8 Å². The number of nitrogens with two attached hydrogens (primary N) is 1. The van der Waals surface area contributed by atoms with E-state index >= 15 is 0 Å². The van der Waals surface area contributed by atoms with Crippen molar-refractivity contribution < 1.29 is 19.1 Å². The Morgan fingerprint density at radius 2 is 2.00 bits per heavy atom. The molecule has 0 aromatic carbocycles. The van der Waals surface area contributed by atoms with Crippen molar-refractivity contribution in [2.45, 2.75) is 59.4 Å². The molecule has 0 fully saturated rings. The molecule has 2 N–H and O–H groups in total. The van der Waals surface area contributed by atoms with E-state index in [0.717, 1.165) is 0 Å². The third-order valence-corrected chi connectivity index (χ3v) is 4.33. The van der Waals surface area contributed by atoms with Crippen LogP contribution in [-0.2, 0) is 27.4 Å². The van der Waals surface area contributed by atoms with Crippen molar-refractivity contribution in [3.63, 3.8) is 0 Å². The summed E-state index contributed by atoms with van der Waals surface area (Å²) in [7, 11) is 0. The lowest BCUT2D eigenvalue weighted by Gasteiger charge is -2.30. The van der Waals surface area contributed by atoms with E-state index in [-0.39, 0.29) is 6.54 Å². The third kappa shape index (κ3) is 6.04. The van der Waals surface area contributed by atoms with Gasteiger partial charge in [-0.15, -0.1) is 0 Å². The van der Waals surface area contributed by atoms with Gasteiger partial charge in [-0.1, -0.05) is 11.6 Å². The van der Waals surface area contributed by atoms with E-state index in [1.165, 1.54) is 4.90 Å². The molecule has 0 saturated heterocycles. The molecule has 2 heterocycles. The van der Waals surface area contributed by atoms with Crippen molar-refractivity contribution in [3.05, 3.63) is 23.1 Å². The van der Waals surface area contributed by atoms with Crippen LogP contribution in [0.2, 0.25) is 5.15 Å². The average molecular weight is 426 g/mol. The molecule has 0 saturated carbocycles. The molecule has 0 unspecified atom stereocenters. The molecule has 0 aliphatic rings. The Hall–Kier alpha value is -2.39. The highest BCUT2D eigenvalue weighted by molar-refractivity contribution is 6.29. The predicted molar refractivity (Wildman–Crippen MR) is 109 cm³/mol. The molecule has 0 bridgehead atoms. The van der Waals surface area contributed by atoms with Crippen LogP contribution in [0.5, 0.6) is 0 Å². The summed E-state index contributed by atoms with van der Waals surface area (Å²) in [6.45, 7) is 10.2. The summed E-state index contributed by atoms with van der Waals surface area (Å²) in [6, 6.07) is 2.51. The van der Waals surface area contributed by atoms with Crippen LogP contribution in [0, 0.1) is 0 Å². The number of fused-ring (bicyclic) bond motifs is 1. The number of pyridine rings is 1. The number of nitrogens with zero attached hydrogens (tertiary/aromatic N) is 4. The third-order valence-electron chi connectivity index (χ3n) is 4.12. The quantitative estimate of drug-likeness (QED) is 0.514. The van der Waals surface area contributed by atoms with E-state index in [4.69, 9.17) is 26.8 Å². The van der Waals surface area contributed by atoms with E-state index < -0.39 is 23.6 Å². The highest BCUT2D eigenvalue weighted by atomic mass is 35.5. The molecule has 0 aliphatic carbocycles. The molecule has 29 heavy (non-hydrogen) atoms. The highest BCUT2D eigenvalue weighted by Crippen LogP contribution is 2.20. The summed E-state index contributed by atoms with van der Waals surface area (Å²) in [4.78, 5) is 34.7. The molecule has 160 valence electrons. The molecule has 0 aliphatic heterocycles. The fourth-order valence-electron chi connectivity index (χ4n) is 2.67. The number of aromatic nitrogens is 3. The molecule has 9 nitrogen and oxygen atoms in total. The zero-order valence-corrected chi connectivity index (χ0v) is 18.2.